The van der Waals surface area contributed by atoms with Gasteiger partial charge in [-0.3, -0.25) is 9.48 Å². The number of carbonyl (C=O) groups is 1. The van der Waals surface area contributed by atoms with Crippen molar-refractivity contribution in [2.45, 2.75) is 19.8 Å². The molecule has 6 heteroatoms. The summed E-state index contributed by atoms with van der Waals surface area (Å²) in [5.41, 5.74) is 4.39. The summed E-state index contributed by atoms with van der Waals surface area (Å²) < 4.78 is 3.62. The molecule has 1 atom stereocenters. The predicted molar refractivity (Wildman–Crippen MR) is 91.2 cm³/mol. The molecular weight excluding hydrogens is 302 g/mol. The summed E-state index contributed by atoms with van der Waals surface area (Å²) in [5.74, 6) is 0.0419. The Morgan fingerprint density at radius 1 is 1.17 bits per heavy atom. The second-order valence-electron chi connectivity index (χ2n) is 6.04. The summed E-state index contributed by atoms with van der Waals surface area (Å²) in [6.07, 6.45) is 3.69. The van der Waals surface area contributed by atoms with Gasteiger partial charge in [-0.15, -0.1) is 0 Å². The summed E-state index contributed by atoms with van der Waals surface area (Å²) in [6.45, 7) is 3.63. The zero-order chi connectivity index (χ0) is 16.8. The van der Waals surface area contributed by atoms with Crippen LogP contribution in [0.1, 0.15) is 41.5 Å². The highest BCUT2D eigenvalue weighted by Crippen LogP contribution is 2.27. The molecule has 0 spiro atoms. The lowest BCUT2D eigenvalue weighted by molar-refractivity contribution is 0.101. The minimum absolute atomic E-state index is 0.0546. The lowest BCUT2D eigenvalue weighted by atomic mass is 9.97. The van der Waals surface area contributed by atoms with Gasteiger partial charge in [-0.2, -0.15) is 10.2 Å². The van der Waals surface area contributed by atoms with Gasteiger partial charge in [0.15, 0.2) is 11.4 Å². The van der Waals surface area contributed by atoms with Crippen molar-refractivity contribution in [2.75, 3.05) is 0 Å². The number of aromatic nitrogens is 5. The Bertz CT molecular complexity index is 1080. The average molecular weight is 319 g/mol. The van der Waals surface area contributed by atoms with Crippen molar-refractivity contribution in [2.24, 2.45) is 7.05 Å². The number of Topliss-reactive ketones (excluding diaryl/α,β-unsaturated/α-hetero) is 1. The van der Waals surface area contributed by atoms with E-state index in [4.69, 9.17) is 0 Å². The molecule has 0 bridgehead atoms. The lowest BCUT2D eigenvalue weighted by Gasteiger charge is -2.12. The van der Waals surface area contributed by atoms with Crippen LogP contribution in [0.25, 0.3) is 16.6 Å². The van der Waals surface area contributed by atoms with Gasteiger partial charge in [-0.25, -0.2) is 9.50 Å². The van der Waals surface area contributed by atoms with Crippen molar-refractivity contribution in [1.82, 2.24) is 24.4 Å². The molecule has 3 aromatic heterocycles. The molecule has 0 saturated heterocycles. The molecule has 6 nitrogen and oxygen atoms in total. The van der Waals surface area contributed by atoms with Gasteiger partial charge in [-0.1, -0.05) is 13.0 Å². The molecule has 0 fully saturated rings. The first kappa shape index (κ1) is 14.6. The highest BCUT2D eigenvalue weighted by molar-refractivity contribution is 5.92. The summed E-state index contributed by atoms with van der Waals surface area (Å²) in [6, 6.07) is 9.85. The first-order chi connectivity index (χ1) is 11.5. The van der Waals surface area contributed by atoms with Crippen LogP contribution in [0, 0.1) is 0 Å². The molecule has 1 aromatic carbocycles. The number of carbonyl (C=O) groups excluding carboxylic acids is 1. The van der Waals surface area contributed by atoms with Gasteiger partial charge in [0.1, 0.15) is 5.69 Å². The van der Waals surface area contributed by atoms with Gasteiger partial charge < -0.3 is 0 Å². The van der Waals surface area contributed by atoms with Gasteiger partial charge in [0, 0.05) is 25.3 Å². The molecule has 24 heavy (non-hydrogen) atoms. The molecule has 0 aliphatic heterocycles. The Morgan fingerprint density at radius 2 is 2.00 bits per heavy atom. The van der Waals surface area contributed by atoms with Crippen molar-refractivity contribution in [3.63, 3.8) is 0 Å². The van der Waals surface area contributed by atoms with Crippen LogP contribution < -0.4 is 0 Å². The van der Waals surface area contributed by atoms with E-state index in [1.54, 1.807) is 10.6 Å². The number of nitrogens with zero attached hydrogens (tertiary/aromatic N) is 5. The van der Waals surface area contributed by atoms with Crippen LogP contribution in [0.4, 0.5) is 0 Å². The maximum atomic E-state index is 11.6. The van der Waals surface area contributed by atoms with Crippen LogP contribution in [0.5, 0.6) is 0 Å². The number of fused-ring (bicyclic) bond motifs is 2. The first-order valence-corrected chi connectivity index (χ1v) is 7.82. The van der Waals surface area contributed by atoms with Crippen molar-refractivity contribution in [3.05, 3.63) is 59.7 Å². The largest absolute Gasteiger partial charge is 0.293 e. The number of hydrogen-bond donors (Lipinski definition) is 0. The maximum absolute atomic E-state index is 11.6. The van der Waals surface area contributed by atoms with E-state index in [-0.39, 0.29) is 11.7 Å². The summed E-state index contributed by atoms with van der Waals surface area (Å²) in [7, 11) is 1.93. The smallest absolute Gasteiger partial charge is 0.179 e. The van der Waals surface area contributed by atoms with E-state index in [9.17, 15) is 4.79 Å². The molecule has 4 aromatic rings. The van der Waals surface area contributed by atoms with Crippen LogP contribution in [0.3, 0.4) is 0 Å². The third-order valence-electron chi connectivity index (χ3n) is 4.46. The van der Waals surface area contributed by atoms with Gasteiger partial charge in [0.05, 0.1) is 23.6 Å². The molecule has 0 aliphatic rings. The highest BCUT2D eigenvalue weighted by atomic mass is 16.1. The number of rotatable bonds is 3. The van der Waals surface area contributed by atoms with Crippen molar-refractivity contribution < 1.29 is 4.79 Å². The predicted octanol–water partition coefficient (Wildman–Crippen LogP) is 2.97. The van der Waals surface area contributed by atoms with Crippen molar-refractivity contribution in [3.8, 4) is 0 Å². The molecule has 0 N–H and O–H groups in total. The van der Waals surface area contributed by atoms with Crippen molar-refractivity contribution >= 4 is 22.3 Å². The second-order valence-corrected chi connectivity index (χ2v) is 6.04. The van der Waals surface area contributed by atoms with Crippen LogP contribution in [0.2, 0.25) is 0 Å². The van der Waals surface area contributed by atoms with Crippen LogP contribution in [-0.2, 0) is 7.05 Å². The van der Waals surface area contributed by atoms with E-state index < -0.39 is 0 Å². The normalized spacial score (nSPS) is 12.8. The monoisotopic (exact) mass is 319 g/mol. The minimum atomic E-state index is -0.0546. The Hall–Kier alpha value is -3.02. The number of imidazole rings is 1. The molecule has 0 aliphatic carbocycles. The topological polar surface area (TPSA) is 65.1 Å². The Morgan fingerprint density at radius 3 is 2.79 bits per heavy atom. The van der Waals surface area contributed by atoms with E-state index in [0.29, 0.717) is 5.69 Å². The van der Waals surface area contributed by atoms with Crippen molar-refractivity contribution in [1.29, 1.82) is 0 Å². The molecule has 0 amide bonds. The van der Waals surface area contributed by atoms with E-state index in [1.165, 1.54) is 6.92 Å². The molecule has 0 radical (unpaired) electrons. The number of ketones is 1. The molecule has 3 heterocycles. The number of aryl methyl sites for hydroxylation is 1. The Balaban J connectivity index is 1.82. The average Bonchev–Trinajstić information content (AvgIpc) is 3.17. The maximum Gasteiger partial charge on any atom is 0.179 e. The SMILES string of the molecule is CC(=O)c1ccc2ncc(C(C)c3ccc4c(cnn4C)c3)n2n1. The zero-order valence-electron chi connectivity index (χ0n) is 13.8. The Kier molecular flexibility index (Phi) is 3.19. The minimum Gasteiger partial charge on any atom is -0.293 e. The fraction of sp³-hybridized carbons (Fsp3) is 0.222. The third kappa shape index (κ3) is 2.19. The highest BCUT2D eigenvalue weighted by Gasteiger charge is 2.16. The fourth-order valence-electron chi connectivity index (χ4n) is 3.00. The van der Waals surface area contributed by atoms with Gasteiger partial charge in [0.25, 0.3) is 0 Å². The quantitative estimate of drug-likeness (QED) is 0.545. The van der Waals surface area contributed by atoms with Gasteiger partial charge in [-0.05, 0) is 29.8 Å². The van der Waals surface area contributed by atoms with E-state index >= 15 is 0 Å². The lowest BCUT2D eigenvalue weighted by Crippen LogP contribution is -2.07. The van der Waals surface area contributed by atoms with Crippen LogP contribution >= 0.6 is 0 Å². The second kappa shape index (κ2) is 5.26. The molecule has 4 rings (SSSR count). The summed E-state index contributed by atoms with van der Waals surface area (Å²) in [5, 5.41) is 9.83. The summed E-state index contributed by atoms with van der Waals surface area (Å²) >= 11 is 0. The van der Waals surface area contributed by atoms with E-state index in [0.717, 1.165) is 27.8 Å². The third-order valence-corrected chi connectivity index (χ3v) is 4.46. The molecule has 120 valence electrons. The van der Waals surface area contributed by atoms with E-state index in [2.05, 4.69) is 40.3 Å². The number of hydrogen-bond acceptors (Lipinski definition) is 4. The number of benzene rings is 1. The van der Waals surface area contributed by atoms with Crippen LogP contribution in [0.15, 0.2) is 42.7 Å². The van der Waals surface area contributed by atoms with Crippen LogP contribution in [-0.4, -0.2) is 30.2 Å². The van der Waals surface area contributed by atoms with E-state index in [1.807, 2.05) is 30.2 Å². The fourth-order valence-corrected chi connectivity index (χ4v) is 3.00. The summed E-state index contributed by atoms with van der Waals surface area (Å²) in [4.78, 5) is 16.0. The molecular formula is C18H17N5O. The van der Waals surface area contributed by atoms with Gasteiger partial charge >= 0.3 is 0 Å². The Labute approximate surface area is 138 Å². The first-order valence-electron chi connectivity index (χ1n) is 7.82. The standard InChI is InChI=1S/C18H17N5O/c1-11(13-4-6-16-14(8-13)9-20-22(16)3)17-10-19-18-7-5-15(12(2)24)21-23(17)18/h4-11H,1-3H3. The zero-order valence-corrected chi connectivity index (χ0v) is 13.8. The molecule has 0 saturated carbocycles. The molecule has 1 unspecified atom stereocenters. The van der Waals surface area contributed by atoms with Gasteiger partial charge in [0.2, 0.25) is 0 Å².